The molecule has 2 heterocycles. The summed E-state index contributed by atoms with van der Waals surface area (Å²) in [6.45, 7) is 16.2. The molecule has 5 rings (SSSR count). The Kier molecular flexibility index (Phi) is 6.40. The molecule has 4 heteroatoms. The topological polar surface area (TPSA) is 29.1 Å². The number of aliphatic imine (C=N–C) groups is 1. The monoisotopic (exact) mass is 672 g/mol. The van der Waals surface area contributed by atoms with Gasteiger partial charge in [0.2, 0.25) is 0 Å². The number of aryl methyl sites for hydroxylation is 2. The summed E-state index contributed by atoms with van der Waals surface area (Å²) in [7, 11) is 2.12. The Hall–Kier alpha value is -2.45. The fraction of sp³-hybridized carbons (Fsp3) is 0.344. The summed E-state index contributed by atoms with van der Waals surface area (Å²) in [5.41, 5.74) is 6.49. The molecule has 0 radical (unpaired) electrons. The van der Waals surface area contributed by atoms with Crippen molar-refractivity contribution in [2.45, 2.75) is 60.3 Å². The van der Waals surface area contributed by atoms with Crippen LogP contribution >= 0.6 is 0 Å². The molecule has 184 valence electrons. The molecular weight excluding hydrogens is 635 g/mol. The first-order valence-corrected chi connectivity index (χ1v) is 18.0. The van der Waals surface area contributed by atoms with Gasteiger partial charge in [-0.2, -0.15) is 0 Å². The third kappa shape index (κ3) is 4.54. The first kappa shape index (κ1) is 25.2. The van der Waals surface area contributed by atoms with Crippen LogP contribution < -0.4 is 11.2 Å². The van der Waals surface area contributed by atoms with Crippen LogP contribution in [0.5, 0.6) is 0 Å². The van der Waals surface area contributed by atoms with Gasteiger partial charge in [-0.3, -0.25) is 0 Å². The Bertz CT molecular complexity index is 1490. The molecule has 4 aromatic rings. The van der Waals surface area contributed by atoms with Crippen molar-refractivity contribution in [3.63, 3.8) is 0 Å². The first-order valence-electron chi connectivity index (χ1n) is 12.8. The Balaban J connectivity index is 1.82. The molecule has 3 nitrogen and oxygen atoms in total. The van der Waals surface area contributed by atoms with Gasteiger partial charge in [0.05, 0.1) is 0 Å². The average Bonchev–Trinajstić information content (AvgIpc) is 3.16. The molecule has 1 aliphatic heterocycles. The molecule has 0 amide bonds. The van der Waals surface area contributed by atoms with Gasteiger partial charge in [0, 0.05) is 0 Å². The van der Waals surface area contributed by atoms with Crippen LogP contribution in [0.15, 0.2) is 72.0 Å². The molecule has 0 N–H and O–H groups in total. The maximum absolute atomic E-state index is 5.47. The first-order chi connectivity index (χ1) is 17.0. The van der Waals surface area contributed by atoms with E-state index in [1.807, 2.05) is 6.33 Å². The SMILES string of the molecule is Cc1c(-c2c3[c](nc[n+]2C)[Bi]([c]2ccccc2)[C](CC(C)(C)C)=N3)cc(C(C)(C)C)c2ccccc12. The zero-order valence-electron chi connectivity index (χ0n) is 22.8. The summed E-state index contributed by atoms with van der Waals surface area (Å²) in [5, 5.41) is 2.67. The summed E-state index contributed by atoms with van der Waals surface area (Å²) in [6.07, 6.45) is 3.05. The molecule has 0 saturated heterocycles. The van der Waals surface area contributed by atoms with E-state index in [4.69, 9.17) is 9.98 Å². The summed E-state index contributed by atoms with van der Waals surface area (Å²) in [6, 6.07) is 22.3. The number of hydrogen-bond donors (Lipinski definition) is 0. The van der Waals surface area contributed by atoms with E-state index in [1.54, 1.807) is 0 Å². The molecule has 0 unspecified atom stereocenters. The van der Waals surface area contributed by atoms with Crippen molar-refractivity contribution >= 4 is 48.3 Å². The molecular formula is C32H37BiN3+. The van der Waals surface area contributed by atoms with Crippen LogP contribution in [0.3, 0.4) is 0 Å². The van der Waals surface area contributed by atoms with E-state index in [1.165, 1.54) is 43.2 Å². The van der Waals surface area contributed by atoms with E-state index >= 15 is 0 Å². The number of nitrogens with zero attached hydrogens (tertiary/aromatic N) is 3. The van der Waals surface area contributed by atoms with Gasteiger partial charge >= 0.3 is 225 Å². The van der Waals surface area contributed by atoms with Crippen molar-refractivity contribution in [3.05, 3.63) is 78.1 Å². The van der Waals surface area contributed by atoms with Crippen LogP contribution in [0.2, 0.25) is 0 Å². The van der Waals surface area contributed by atoms with Gasteiger partial charge in [-0.1, -0.05) is 0 Å². The van der Waals surface area contributed by atoms with Gasteiger partial charge in [0.1, 0.15) is 0 Å². The van der Waals surface area contributed by atoms with Gasteiger partial charge in [0.25, 0.3) is 0 Å². The second-order valence-electron chi connectivity index (χ2n) is 12.2. The molecule has 0 atom stereocenters. The van der Waals surface area contributed by atoms with Crippen LogP contribution in [-0.2, 0) is 12.5 Å². The second kappa shape index (κ2) is 9.14. The minimum absolute atomic E-state index is 0.0307. The van der Waals surface area contributed by atoms with Crippen molar-refractivity contribution in [2.24, 2.45) is 17.5 Å². The second-order valence-corrected chi connectivity index (χ2v) is 20.5. The number of aromatic nitrogens is 2. The van der Waals surface area contributed by atoms with Crippen molar-refractivity contribution in [3.8, 4) is 11.3 Å². The van der Waals surface area contributed by atoms with E-state index in [9.17, 15) is 0 Å². The maximum atomic E-state index is 5.47. The van der Waals surface area contributed by atoms with Crippen LogP contribution in [-0.4, -0.2) is 30.2 Å². The van der Waals surface area contributed by atoms with Crippen molar-refractivity contribution in [1.82, 2.24) is 4.98 Å². The van der Waals surface area contributed by atoms with Crippen LogP contribution in [0.25, 0.3) is 22.0 Å². The number of fused-ring (bicyclic) bond motifs is 2. The zero-order chi connectivity index (χ0) is 25.8. The minimum atomic E-state index is -2.55. The molecule has 0 spiro atoms. The number of rotatable bonds is 3. The normalized spacial score (nSPS) is 14.3. The van der Waals surface area contributed by atoms with E-state index < -0.39 is 21.8 Å². The standard InChI is InChI=1S/C26H32N3.C6H5.Bi/c1-18-19-11-9-10-12-20(19)22(26(5,6)7)15-21(18)24-23(16-27-17-29(24)8)28-14-13-25(2,3)4;1-2-4-6-5-3-1;/h9-12,15,17H,13H2,1-8H3;1-5H;/q+1;;. The molecule has 1 aromatic heterocycles. The Morgan fingerprint density at radius 3 is 2.14 bits per heavy atom. The van der Waals surface area contributed by atoms with E-state index in [2.05, 4.69) is 121 Å². The molecule has 3 aromatic carbocycles. The van der Waals surface area contributed by atoms with Crippen LogP contribution in [0, 0.1) is 12.3 Å². The Labute approximate surface area is 224 Å². The summed E-state index contributed by atoms with van der Waals surface area (Å²) in [4.78, 5) is 10.6. The molecule has 1 aliphatic rings. The Morgan fingerprint density at radius 1 is 0.861 bits per heavy atom. The van der Waals surface area contributed by atoms with Crippen molar-refractivity contribution in [2.75, 3.05) is 0 Å². The van der Waals surface area contributed by atoms with Crippen molar-refractivity contribution < 1.29 is 4.57 Å². The summed E-state index contributed by atoms with van der Waals surface area (Å²) >= 11 is -2.55. The third-order valence-electron chi connectivity index (χ3n) is 6.93. The molecule has 0 fully saturated rings. The third-order valence-corrected chi connectivity index (χ3v) is 16.0. The van der Waals surface area contributed by atoms with E-state index in [0.717, 1.165) is 12.1 Å². The van der Waals surface area contributed by atoms with Gasteiger partial charge in [0.15, 0.2) is 0 Å². The summed E-state index contributed by atoms with van der Waals surface area (Å²) < 4.78 is 6.34. The quantitative estimate of drug-likeness (QED) is 0.194. The zero-order valence-corrected chi connectivity index (χ0v) is 26.3. The molecule has 0 aliphatic carbocycles. The van der Waals surface area contributed by atoms with Gasteiger partial charge < -0.3 is 0 Å². The van der Waals surface area contributed by atoms with Gasteiger partial charge in [-0.05, 0) is 0 Å². The van der Waals surface area contributed by atoms with Crippen molar-refractivity contribution in [1.29, 1.82) is 0 Å². The van der Waals surface area contributed by atoms with Gasteiger partial charge in [-0.25, -0.2) is 0 Å². The van der Waals surface area contributed by atoms with Crippen LogP contribution in [0.4, 0.5) is 5.69 Å². The fourth-order valence-electron chi connectivity index (χ4n) is 5.25. The Morgan fingerprint density at radius 2 is 1.50 bits per heavy atom. The van der Waals surface area contributed by atoms with Gasteiger partial charge in [-0.15, -0.1) is 0 Å². The molecule has 0 bridgehead atoms. The average molecular weight is 673 g/mol. The summed E-state index contributed by atoms with van der Waals surface area (Å²) in [5.74, 6) is 0. The van der Waals surface area contributed by atoms with Crippen LogP contribution in [0.1, 0.15) is 59.1 Å². The fourth-order valence-corrected chi connectivity index (χ4v) is 15.5. The number of hydrogen-bond acceptors (Lipinski definition) is 2. The molecule has 36 heavy (non-hydrogen) atoms. The predicted molar refractivity (Wildman–Crippen MR) is 154 cm³/mol. The predicted octanol–water partition coefficient (Wildman–Crippen LogP) is 6.00. The van der Waals surface area contributed by atoms with E-state index in [-0.39, 0.29) is 10.8 Å². The number of benzene rings is 3. The molecule has 0 saturated carbocycles. The van der Waals surface area contributed by atoms with E-state index in [0.29, 0.717) is 0 Å².